The van der Waals surface area contributed by atoms with Gasteiger partial charge in [-0.1, -0.05) is 29.8 Å². The van der Waals surface area contributed by atoms with Crippen LogP contribution in [0.2, 0.25) is 5.02 Å². The summed E-state index contributed by atoms with van der Waals surface area (Å²) in [5, 5.41) is 12.2. The molecule has 16 heteroatoms. The molecule has 2 aromatic carbocycles. The summed E-state index contributed by atoms with van der Waals surface area (Å²) in [5.41, 5.74) is -0.996. The van der Waals surface area contributed by atoms with E-state index in [1.807, 2.05) is 0 Å². The second kappa shape index (κ2) is 11.2. The number of aliphatic hydroxyl groups is 1. The van der Waals surface area contributed by atoms with Gasteiger partial charge >= 0.3 is 13.8 Å². The molecule has 0 saturated carbocycles. The zero-order valence-corrected chi connectivity index (χ0v) is 21.9. The number of benzene rings is 2. The van der Waals surface area contributed by atoms with E-state index in [-0.39, 0.29) is 34.5 Å². The first kappa shape index (κ1) is 30.1. The maximum atomic E-state index is 14.4. The molecular formula is C24H22ClF5N3O6P. The van der Waals surface area contributed by atoms with Crippen molar-refractivity contribution < 1.29 is 51.0 Å². The lowest BCUT2D eigenvalue weighted by atomic mass is 10.1. The first-order valence-electron chi connectivity index (χ1n) is 11.7. The number of amides is 1. The molecule has 3 aromatic rings. The predicted octanol–water partition coefficient (Wildman–Crippen LogP) is 3.03. The fourth-order valence-electron chi connectivity index (χ4n) is 4.60. The van der Waals surface area contributed by atoms with Gasteiger partial charge in [-0.3, -0.25) is 19.5 Å². The maximum absolute atomic E-state index is 14.4. The highest BCUT2D eigenvalue weighted by atomic mass is 35.5. The lowest BCUT2D eigenvalue weighted by Gasteiger charge is -2.29. The molecule has 2 heterocycles. The number of aliphatic hydroxyl groups excluding tert-OH is 1. The van der Waals surface area contributed by atoms with Crippen molar-refractivity contribution in [2.24, 2.45) is 0 Å². The zero-order valence-electron chi connectivity index (χ0n) is 20.3. The van der Waals surface area contributed by atoms with Crippen LogP contribution in [0.15, 0.2) is 42.6 Å². The summed E-state index contributed by atoms with van der Waals surface area (Å²) in [5.74, 6) is -3.82. The van der Waals surface area contributed by atoms with Crippen LogP contribution >= 0.6 is 19.2 Å². The van der Waals surface area contributed by atoms with Gasteiger partial charge in [0.15, 0.2) is 0 Å². The number of hydrogen-bond donors (Lipinski definition) is 4. The third-order valence-electron chi connectivity index (χ3n) is 6.52. The summed E-state index contributed by atoms with van der Waals surface area (Å²) in [7, 11) is -4.86. The van der Waals surface area contributed by atoms with E-state index in [2.05, 4.69) is 5.32 Å². The maximum Gasteiger partial charge on any atom is 0.454 e. The molecule has 1 amide bonds. The molecule has 4 rings (SSSR count). The lowest BCUT2D eigenvalue weighted by Crippen LogP contribution is -2.49. The first-order valence-corrected chi connectivity index (χ1v) is 13.7. The Bertz CT molecular complexity index is 1510. The van der Waals surface area contributed by atoms with Crippen LogP contribution < -0.4 is 10.6 Å². The van der Waals surface area contributed by atoms with Crippen molar-refractivity contribution >= 4 is 47.1 Å². The fourth-order valence-corrected chi connectivity index (χ4v) is 5.35. The largest absolute Gasteiger partial charge is 0.454 e. The highest BCUT2D eigenvalue weighted by Crippen LogP contribution is 2.36. The minimum absolute atomic E-state index is 0.0979. The van der Waals surface area contributed by atoms with E-state index in [0.717, 1.165) is 33.9 Å². The molecular weight excluding hydrogens is 588 g/mol. The molecule has 1 unspecified atom stereocenters. The average Bonchev–Trinajstić information content (AvgIpc) is 3.43. The zero-order chi connectivity index (χ0) is 29.6. The molecule has 1 aliphatic rings. The molecule has 1 aromatic heterocycles. The summed E-state index contributed by atoms with van der Waals surface area (Å²) in [6.07, 6.45) is -7.93. The normalized spacial score (nSPS) is 18.9. The molecule has 4 N–H and O–H groups in total. The molecule has 40 heavy (non-hydrogen) atoms. The summed E-state index contributed by atoms with van der Waals surface area (Å²) in [4.78, 5) is 45.2. The third kappa shape index (κ3) is 6.22. The molecule has 1 fully saturated rings. The van der Waals surface area contributed by atoms with Gasteiger partial charge in [0.25, 0.3) is 5.78 Å². The Morgan fingerprint density at radius 2 is 1.90 bits per heavy atom. The number of fused-ring (bicyclic) bond motifs is 1. The number of carbonyl (C=O) groups excluding carboxylic acids is 2. The SMILES string of the molecule is O=C(Cn1cc(C(=O)C(F)(F)F)c2ccc(P(=O)(O)O)cc21)N1C[C@H](F)C[C@H]1C(O)NCc1cccc(Cl)c1F. The van der Waals surface area contributed by atoms with Crippen LogP contribution in [0.3, 0.4) is 0 Å². The number of nitrogens with zero attached hydrogens (tertiary/aromatic N) is 2. The van der Waals surface area contributed by atoms with E-state index >= 15 is 0 Å². The number of carbonyl (C=O) groups is 2. The second-order valence-corrected chi connectivity index (χ2v) is 11.2. The topological polar surface area (TPSA) is 132 Å². The molecule has 0 bridgehead atoms. The summed E-state index contributed by atoms with van der Waals surface area (Å²) >= 11 is 5.74. The Morgan fingerprint density at radius 1 is 1.20 bits per heavy atom. The minimum atomic E-state index is -5.27. The fraction of sp³-hybridized carbons (Fsp3) is 0.333. The van der Waals surface area contributed by atoms with Crippen molar-refractivity contribution in [3.8, 4) is 0 Å². The smallest absolute Gasteiger partial charge is 0.376 e. The Balaban J connectivity index is 1.61. The molecule has 216 valence electrons. The highest BCUT2D eigenvalue weighted by Gasteiger charge is 2.42. The van der Waals surface area contributed by atoms with Gasteiger partial charge < -0.3 is 24.4 Å². The van der Waals surface area contributed by atoms with E-state index in [4.69, 9.17) is 11.6 Å². The molecule has 0 radical (unpaired) electrons. The van der Waals surface area contributed by atoms with Crippen molar-refractivity contribution in [3.05, 3.63) is 64.6 Å². The van der Waals surface area contributed by atoms with E-state index in [0.29, 0.717) is 0 Å². The van der Waals surface area contributed by atoms with Crippen LogP contribution in [0.25, 0.3) is 10.9 Å². The predicted molar refractivity (Wildman–Crippen MR) is 133 cm³/mol. The van der Waals surface area contributed by atoms with Gasteiger partial charge in [0.1, 0.15) is 24.8 Å². The van der Waals surface area contributed by atoms with Crippen molar-refractivity contribution in [2.75, 3.05) is 6.54 Å². The van der Waals surface area contributed by atoms with Crippen LogP contribution in [0.5, 0.6) is 0 Å². The highest BCUT2D eigenvalue weighted by molar-refractivity contribution is 7.60. The summed E-state index contributed by atoms with van der Waals surface area (Å²) < 4.78 is 80.8. The molecule has 0 aliphatic carbocycles. The lowest BCUT2D eigenvalue weighted by molar-refractivity contribution is -0.135. The van der Waals surface area contributed by atoms with Crippen LogP contribution in [0.4, 0.5) is 22.0 Å². The van der Waals surface area contributed by atoms with E-state index < -0.39 is 73.7 Å². The quantitative estimate of drug-likeness (QED) is 0.134. The summed E-state index contributed by atoms with van der Waals surface area (Å²) in [6, 6.07) is 5.73. The van der Waals surface area contributed by atoms with E-state index in [1.54, 1.807) is 0 Å². The summed E-state index contributed by atoms with van der Waals surface area (Å²) in [6.45, 7) is -1.43. The molecule has 9 nitrogen and oxygen atoms in total. The molecule has 1 saturated heterocycles. The average molecular weight is 610 g/mol. The van der Waals surface area contributed by atoms with Crippen LogP contribution in [0.1, 0.15) is 22.3 Å². The van der Waals surface area contributed by atoms with Gasteiger partial charge in [-0.2, -0.15) is 13.2 Å². The van der Waals surface area contributed by atoms with Gasteiger partial charge in [-0.15, -0.1) is 0 Å². The number of hydrogen-bond acceptors (Lipinski definition) is 5. The van der Waals surface area contributed by atoms with Gasteiger partial charge in [0.2, 0.25) is 5.91 Å². The molecule has 0 spiro atoms. The molecule has 3 atom stereocenters. The van der Waals surface area contributed by atoms with Crippen molar-refractivity contribution in [3.63, 3.8) is 0 Å². The number of ketones is 1. The monoisotopic (exact) mass is 609 g/mol. The Morgan fingerprint density at radius 3 is 2.55 bits per heavy atom. The Labute approximate surface area is 228 Å². The number of Topliss-reactive ketones (excluding diaryl/α,β-unsaturated/α-hetero) is 1. The van der Waals surface area contributed by atoms with Crippen LogP contribution in [0, 0.1) is 5.82 Å². The van der Waals surface area contributed by atoms with Crippen LogP contribution in [-0.4, -0.2) is 67.2 Å². The van der Waals surface area contributed by atoms with Gasteiger partial charge in [0, 0.05) is 30.1 Å². The molecule has 1 aliphatic heterocycles. The number of aromatic nitrogens is 1. The van der Waals surface area contributed by atoms with Gasteiger partial charge in [-0.05, 0) is 18.2 Å². The van der Waals surface area contributed by atoms with Gasteiger partial charge in [-0.25, -0.2) is 8.78 Å². The van der Waals surface area contributed by atoms with Crippen molar-refractivity contribution in [1.82, 2.24) is 14.8 Å². The minimum Gasteiger partial charge on any atom is -0.376 e. The van der Waals surface area contributed by atoms with Gasteiger partial charge in [0.05, 0.1) is 34.0 Å². The third-order valence-corrected chi connectivity index (χ3v) is 7.76. The Kier molecular flexibility index (Phi) is 8.42. The van der Waals surface area contributed by atoms with E-state index in [1.165, 1.54) is 18.2 Å². The Hall–Kier alpha value is -2.87. The van der Waals surface area contributed by atoms with Crippen molar-refractivity contribution in [1.29, 1.82) is 0 Å². The number of likely N-dealkylation sites (tertiary alicyclic amines) is 1. The van der Waals surface area contributed by atoms with Crippen LogP contribution in [-0.2, 0) is 22.4 Å². The second-order valence-electron chi connectivity index (χ2n) is 9.23. The first-order chi connectivity index (χ1) is 18.6. The number of nitrogens with one attached hydrogen (secondary N) is 1. The van der Waals surface area contributed by atoms with E-state index in [9.17, 15) is 51.0 Å². The number of alkyl halides is 4. The van der Waals surface area contributed by atoms with Crippen molar-refractivity contribution in [2.45, 2.75) is 44.1 Å². The number of halogens is 6. The number of rotatable bonds is 8. The standard InChI is InChI=1S/C24H22ClF5N3O6P/c25-17-3-1-2-12(21(17)27)8-31-23(36)19-6-13(26)9-33(19)20(34)11-32-10-16(22(35)24(28,29)30)15-5-4-14(7-18(15)32)40(37,38)39/h1-5,7,10,13,19,23,31,36H,6,8-9,11H2,(H2,37,38,39)/t13-,19+,23?/m1/s1.